The fourth-order valence-corrected chi connectivity index (χ4v) is 7.21. The van der Waals surface area contributed by atoms with Crippen LogP contribution in [0.1, 0.15) is 31.2 Å². The first kappa shape index (κ1) is 25.2. The quantitative estimate of drug-likeness (QED) is 0.496. The summed E-state index contributed by atoms with van der Waals surface area (Å²) in [6, 6.07) is 8.92. The van der Waals surface area contributed by atoms with E-state index in [2.05, 4.69) is 27.4 Å². The summed E-state index contributed by atoms with van der Waals surface area (Å²) in [5.74, 6) is 1.07. The van der Waals surface area contributed by atoms with Crippen LogP contribution in [0.15, 0.2) is 46.2 Å². The van der Waals surface area contributed by atoms with Gasteiger partial charge in [-0.05, 0) is 44.0 Å². The highest BCUT2D eigenvalue weighted by molar-refractivity contribution is 7.92. The SMILES string of the molecule is CNC(=O)Nc1ccc(-c2nc(C3C(C)C3S(=O)(=O)c3ncoc3C)cc(N3CCOC[C@@H]3C)n2)cc1. The van der Waals surface area contributed by atoms with Gasteiger partial charge in [-0.2, -0.15) is 0 Å². The number of anilines is 2. The third-order valence-corrected chi connectivity index (χ3v) is 9.36. The fraction of sp³-hybridized carbons (Fsp3) is 0.440. The molecule has 0 spiro atoms. The van der Waals surface area contributed by atoms with Crippen molar-refractivity contribution in [3.63, 3.8) is 0 Å². The zero-order chi connectivity index (χ0) is 26.3. The van der Waals surface area contributed by atoms with E-state index in [1.165, 1.54) is 0 Å². The number of morpholine rings is 1. The molecule has 2 aliphatic rings. The van der Waals surface area contributed by atoms with Crippen molar-refractivity contribution >= 4 is 27.4 Å². The number of nitrogens with one attached hydrogen (secondary N) is 2. The number of amides is 2. The van der Waals surface area contributed by atoms with Gasteiger partial charge in [0, 0.05) is 36.8 Å². The molecule has 37 heavy (non-hydrogen) atoms. The Morgan fingerprint density at radius 2 is 1.92 bits per heavy atom. The molecule has 2 aromatic heterocycles. The number of carbonyl (C=O) groups excluding carboxylic acids is 1. The number of sulfone groups is 1. The number of ether oxygens (including phenoxy) is 1. The highest BCUT2D eigenvalue weighted by Gasteiger charge is 2.58. The molecule has 1 saturated carbocycles. The van der Waals surface area contributed by atoms with Crippen molar-refractivity contribution in [1.82, 2.24) is 20.3 Å². The third kappa shape index (κ3) is 4.78. The predicted octanol–water partition coefficient (Wildman–Crippen LogP) is 2.99. The third-order valence-electron chi connectivity index (χ3n) is 6.99. The lowest BCUT2D eigenvalue weighted by molar-refractivity contribution is 0.0985. The monoisotopic (exact) mass is 526 g/mol. The number of urea groups is 1. The van der Waals surface area contributed by atoms with Gasteiger partial charge in [0.05, 0.1) is 30.2 Å². The molecule has 1 saturated heterocycles. The van der Waals surface area contributed by atoms with Gasteiger partial charge >= 0.3 is 6.03 Å². The van der Waals surface area contributed by atoms with Crippen molar-refractivity contribution in [2.24, 2.45) is 5.92 Å². The Kier molecular flexibility index (Phi) is 6.63. The van der Waals surface area contributed by atoms with Gasteiger partial charge in [0.2, 0.25) is 9.84 Å². The van der Waals surface area contributed by atoms with E-state index in [1.807, 2.05) is 25.1 Å². The average Bonchev–Trinajstić information content (AvgIpc) is 3.39. The maximum Gasteiger partial charge on any atom is 0.318 e. The summed E-state index contributed by atoms with van der Waals surface area (Å²) in [7, 11) is -2.14. The van der Waals surface area contributed by atoms with E-state index < -0.39 is 15.1 Å². The van der Waals surface area contributed by atoms with Crippen molar-refractivity contribution in [1.29, 1.82) is 0 Å². The van der Waals surface area contributed by atoms with Gasteiger partial charge in [-0.15, -0.1) is 0 Å². The van der Waals surface area contributed by atoms with Gasteiger partial charge in [0.1, 0.15) is 11.6 Å². The van der Waals surface area contributed by atoms with Crippen LogP contribution in [-0.2, 0) is 14.6 Å². The standard InChI is InChI=1S/C25H30N6O5S/c1-14-12-35-10-9-31(14)20-11-19(21-15(2)22(21)37(33,34)24-16(3)36-13-27-24)29-23(30-20)17-5-7-18(8-6-17)28-25(32)26-4/h5-8,11,13-15,21-22H,9-10,12H2,1-4H3,(H2,26,28,32)/t14-,15?,21?,22?/m0/s1. The van der Waals surface area contributed by atoms with Gasteiger partial charge in [-0.25, -0.2) is 28.2 Å². The lowest BCUT2D eigenvalue weighted by Gasteiger charge is -2.34. The van der Waals surface area contributed by atoms with Gasteiger partial charge in [-0.1, -0.05) is 6.92 Å². The highest BCUT2D eigenvalue weighted by atomic mass is 32.2. The maximum atomic E-state index is 13.4. The van der Waals surface area contributed by atoms with Crippen LogP contribution in [0, 0.1) is 12.8 Å². The smallest absolute Gasteiger partial charge is 0.318 e. The number of carbonyl (C=O) groups is 1. The fourth-order valence-electron chi connectivity index (χ4n) is 4.90. The van der Waals surface area contributed by atoms with E-state index in [0.717, 1.165) is 17.8 Å². The second-order valence-corrected chi connectivity index (χ2v) is 11.5. The molecule has 3 aromatic rings. The summed E-state index contributed by atoms with van der Waals surface area (Å²) in [6.07, 6.45) is 1.16. The van der Waals surface area contributed by atoms with Crippen LogP contribution in [0.4, 0.5) is 16.3 Å². The number of hydrogen-bond acceptors (Lipinski definition) is 9. The molecular weight excluding hydrogens is 496 g/mol. The van der Waals surface area contributed by atoms with Crippen molar-refractivity contribution in [3.05, 3.63) is 48.2 Å². The molecule has 4 atom stereocenters. The first-order valence-electron chi connectivity index (χ1n) is 12.2. The van der Waals surface area contributed by atoms with Crippen LogP contribution in [0.2, 0.25) is 0 Å². The van der Waals surface area contributed by atoms with Crippen LogP contribution in [0.3, 0.4) is 0 Å². The summed E-state index contributed by atoms with van der Waals surface area (Å²) in [5, 5.41) is 4.59. The number of nitrogens with zero attached hydrogens (tertiary/aromatic N) is 4. The van der Waals surface area contributed by atoms with Gasteiger partial charge in [-0.3, -0.25) is 0 Å². The number of aromatic nitrogens is 3. The molecule has 2 amide bonds. The molecule has 1 aliphatic heterocycles. The lowest BCUT2D eigenvalue weighted by Crippen LogP contribution is -2.44. The molecule has 11 nitrogen and oxygen atoms in total. The molecule has 3 heterocycles. The van der Waals surface area contributed by atoms with Crippen LogP contribution < -0.4 is 15.5 Å². The summed E-state index contributed by atoms with van der Waals surface area (Å²) < 4.78 is 37.5. The highest BCUT2D eigenvalue weighted by Crippen LogP contribution is 2.53. The Balaban J connectivity index is 1.52. The Morgan fingerprint density at radius 3 is 2.57 bits per heavy atom. The molecule has 3 unspecified atom stereocenters. The van der Waals surface area contributed by atoms with Crippen molar-refractivity contribution in [2.75, 3.05) is 37.0 Å². The summed E-state index contributed by atoms with van der Waals surface area (Å²) in [6.45, 7) is 7.43. The Morgan fingerprint density at radius 1 is 1.16 bits per heavy atom. The van der Waals surface area contributed by atoms with E-state index in [-0.39, 0.29) is 34.7 Å². The number of aryl methyl sites for hydroxylation is 1. The van der Waals surface area contributed by atoms with E-state index in [1.54, 1.807) is 26.1 Å². The van der Waals surface area contributed by atoms with Gasteiger partial charge in [0.25, 0.3) is 0 Å². The van der Waals surface area contributed by atoms with Gasteiger partial charge < -0.3 is 24.7 Å². The number of benzene rings is 1. The topological polar surface area (TPSA) is 140 Å². The summed E-state index contributed by atoms with van der Waals surface area (Å²) in [5.41, 5.74) is 2.06. The Labute approximate surface area is 215 Å². The number of oxazole rings is 1. The Hall–Kier alpha value is -3.51. The maximum absolute atomic E-state index is 13.4. The molecule has 1 aliphatic carbocycles. The zero-order valence-corrected chi connectivity index (χ0v) is 21.9. The van der Waals surface area contributed by atoms with Crippen LogP contribution in [0.25, 0.3) is 11.4 Å². The Bertz CT molecular complexity index is 1410. The molecule has 196 valence electrons. The van der Waals surface area contributed by atoms with Crippen molar-refractivity contribution < 1.29 is 22.4 Å². The molecule has 2 fully saturated rings. The average molecular weight is 527 g/mol. The van der Waals surface area contributed by atoms with Gasteiger partial charge in [0.15, 0.2) is 17.2 Å². The number of hydrogen-bond donors (Lipinski definition) is 2. The minimum Gasteiger partial charge on any atom is -0.447 e. The minimum atomic E-state index is -3.69. The molecule has 12 heteroatoms. The second kappa shape index (κ2) is 9.75. The summed E-state index contributed by atoms with van der Waals surface area (Å²) in [4.78, 5) is 27.5. The first-order valence-corrected chi connectivity index (χ1v) is 13.7. The lowest BCUT2D eigenvalue weighted by atomic mass is 10.1. The zero-order valence-electron chi connectivity index (χ0n) is 21.1. The van der Waals surface area contributed by atoms with Crippen LogP contribution in [-0.4, -0.2) is 67.5 Å². The number of rotatable bonds is 6. The van der Waals surface area contributed by atoms with E-state index >= 15 is 0 Å². The van der Waals surface area contributed by atoms with E-state index in [0.29, 0.717) is 37.0 Å². The molecule has 2 N–H and O–H groups in total. The van der Waals surface area contributed by atoms with Crippen molar-refractivity contribution in [2.45, 2.75) is 43.0 Å². The summed E-state index contributed by atoms with van der Waals surface area (Å²) >= 11 is 0. The predicted molar refractivity (Wildman–Crippen MR) is 137 cm³/mol. The second-order valence-electron chi connectivity index (χ2n) is 9.48. The van der Waals surface area contributed by atoms with Crippen molar-refractivity contribution in [3.8, 4) is 11.4 Å². The molecule has 0 radical (unpaired) electrons. The normalized spacial score (nSPS) is 23.5. The van der Waals surface area contributed by atoms with Crippen LogP contribution in [0.5, 0.6) is 0 Å². The first-order chi connectivity index (χ1) is 17.7. The molecule has 0 bridgehead atoms. The van der Waals surface area contributed by atoms with E-state index in [4.69, 9.17) is 19.1 Å². The minimum absolute atomic E-state index is 0.0117. The van der Waals surface area contributed by atoms with Crippen LogP contribution >= 0.6 is 0 Å². The molecule has 1 aromatic carbocycles. The molecule has 5 rings (SSSR count). The molecular formula is C25H30N6O5S. The largest absolute Gasteiger partial charge is 0.447 e. The van der Waals surface area contributed by atoms with E-state index in [9.17, 15) is 13.2 Å².